The first kappa shape index (κ1) is 31.4. The fourth-order valence-corrected chi connectivity index (χ4v) is 11.4. The highest BCUT2D eigenvalue weighted by Gasteiger charge is 2.55. The second kappa shape index (κ2) is 12.6. The molecule has 0 radical (unpaired) electrons. The van der Waals surface area contributed by atoms with Gasteiger partial charge in [0.1, 0.15) is 38.3 Å². The first-order valence-corrected chi connectivity index (χ1v) is 15.9. The number of halogens is 1. The Morgan fingerprint density at radius 2 is 1.54 bits per heavy atom. The molecule has 0 spiro atoms. The zero-order valence-electron chi connectivity index (χ0n) is 24.0. The summed E-state index contributed by atoms with van der Waals surface area (Å²) in [4.78, 5) is 0. The van der Waals surface area contributed by atoms with Crippen LogP contribution in [-0.2, 0) is 21.7 Å². The Bertz CT molecular complexity index is 1150. The van der Waals surface area contributed by atoms with Crippen LogP contribution in [0.25, 0.3) is 0 Å². The van der Waals surface area contributed by atoms with Crippen molar-refractivity contribution in [2.45, 2.75) is 94.8 Å². The molecule has 2 aromatic rings. The van der Waals surface area contributed by atoms with Crippen LogP contribution in [0.5, 0.6) is 0 Å². The van der Waals surface area contributed by atoms with E-state index in [2.05, 4.69) is 53.0 Å². The maximum absolute atomic E-state index is 14.9. The number of ether oxygens (including phenoxy) is 2. The summed E-state index contributed by atoms with van der Waals surface area (Å²) in [6.07, 6.45) is -5.75. The highest BCUT2D eigenvalue weighted by atomic mass is 28.3. The van der Waals surface area contributed by atoms with Gasteiger partial charge in [-0.25, -0.2) is 4.39 Å². The number of hydrogen-bond donors (Lipinski definition) is 4. The van der Waals surface area contributed by atoms with Crippen molar-refractivity contribution in [1.82, 2.24) is 0 Å². The smallest absolute Gasteiger partial charge is 0.224 e. The predicted octanol–water partition coefficient (Wildman–Crippen LogP) is 4.26. The Kier molecular flexibility index (Phi) is 10.2. The minimum atomic E-state index is -1.90. The molecule has 39 heavy (non-hydrogen) atoms. The Labute approximate surface area is 232 Å². The lowest BCUT2D eigenvalue weighted by atomic mass is 9.87. The van der Waals surface area contributed by atoms with Crippen LogP contribution in [0.2, 0.25) is 16.6 Å². The molecule has 3 rings (SSSR count). The van der Waals surface area contributed by atoms with E-state index in [0.717, 1.165) is 11.1 Å². The highest BCUT2D eigenvalue weighted by Crippen LogP contribution is 2.41. The first-order valence-electron chi connectivity index (χ1n) is 13.6. The number of aliphatic hydroxyl groups excluding tert-OH is 4. The molecule has 0 aliphatic carbocycles. The fraction of sp³-hybridized carbons (Fsp3) is 0.548. The SMILES string of the molecule is CO[C@@]1(c2ccc(F)c(Cc3ccc(C#C[Si](C(C)C)(C(C)C)C(C)C)cc3)c2)O[C@H](CO)[C@@H](O)[C@H](O)[C@H]1O. The third kappa shape index (κ3) is 6.01. The molecule has 0 amide bonds. The summed E-state index contributed by atoms with van der Waals surface area (Å²) in [5, 5.41) is 40.9. The third-order valence-electron chi connectivity index (χ3n) is 8.34. The molecule has 1 heterocycles. The van der Waals surface area contributed by atoms with E-state index in [4.69, 9.17) is 9.47 Å². The van der Waals surface area contributed by atoms with Crippen molar-refractivity contribution in [1.29, 1.82) is 0 Å². The van der Waals surface area contributed by atoms with E-state index in [1.54, 1.807) is 0 Å². The molecule has 2 aromatic carbocycles. The summed E-state index contributed by atoms with van der Waals surface area (Å²) in [6.45, 7) is 13.1. The van der Waals surface area contributed by atoms with E-state index in [0.29, 0.717) is 22.2 Å². The Morgan fingerprint density at radius 1 is 0.949 bits per heavy atom. The van der Waals surface area contributed by atoms with E-state index < -0.39 is 50.7 Å². The standard InChI is InChI=1S/C31H43FO6Si/c1-19(2)39(20(3)4,21(5)6)15-14-22-8-10-23(11-9-22)16-24-17-25(12-13-26(24)32)31(37-7)30(36)29(35)28(34)27(18-33)38-31/h8-13,17,19-21,27-30,33-36H,16,18H2,1-7H3/t27-,28-,29+,30-,31+/m1/s1. The molecule has 8 heteroatoms. The average molecular weight is 559 g/mol. The van der Waals surface area contributed by atoms with E-state index in [-0.39, 0.29) is 12.0 Å². The van der Waals surface area contributed by atoms with Gasteiger partial charge in [-0.05, 0) is 52.0 Å². The van der Waals surface area contributed by atoms with Gasteiger partial charge in [-0.2, -0.15) is 0 Å². The maximum atomic E-state index is 14.9. The van der Waals surface area contributed by atoms with Gasteiger partial charge in [-0.15, -0.1) is 5.54 Å². The van der Waals surface area contributed by atoms with E-state index >= 15 is 0 Å². The molecule has 0 saturated carbocycles. The van der Waals surface area contributed by atoms with Crippen LogP contribution in [0.3, 0.4) is 0 Å². The second-order valence-electron chi connectivity index (χ2n) is 11.5. The van der Waals surface area contributed by atoms with Gasteiger partial charge in [0.15, 0.2) is 0 Å². The second-order valence-corrected chi connectivity index (χ2v) is 17.0. The van der Waals surface area contributed by atoms with Gasteiger partial charge in [0.2, 0.25) is 5.79 Å². The summed E-state index contributed by atoms with van der Waals surface area (Å²) in [5.74, 6) is 1.09. The monoisotopic (exact) mass is 558 g/mol. The Balaban J connectivity index is 1.90. The third-order valence-corrected chi connectivity index (χ3v) is 14.6. The molecular formula is C31H43FO6Si. The molecule has 1 saturated heterocycles. The largest absolute Gasteiger partial charge is 0.394 e. The highest BCUT2D eigenvalue weighted by molar-refractivity contribution is 6.90. The molecule has 5 atom stereocenters. The number of benzene rings is 2. The summed E-state index contributed by atoms with van der Waals surface area (Å²) in [7, 11) is -0.575. The minimum Gasteiger partial charge on any atom is -0.394 e. The predicted molar refractivity (Wildman–Crippen MR) is 152 cm³/mol. The normalized spacial score (nSPS) is 25.7. The number of aliphatic hydroxyl groups is 4. The molecule has 214 valence electrons. The van der Waals surface area contributed by atoms with E-state index in [1.807, 2.05) is 24.3 Å². The summed E-state index contributed by atoms with van der Waals surface area (Å²) >= 11 is 0. The van der Waals surface area contributed by atoms with Crippen LogP contribution < -0.4 is 0 Å². The van der Waals surface area contributed by atoms with Crippen LogP contribution in [-0.4, -0.2) is 66.6 Å². The maximum Gasteiger partial charge on any atom is 0.224 e. The van der Waals surface area contributed by atoms with Gasteiger partial charge < -0.3 is 29.9 Å². The van der Waals surface area contributed by atoms with E-state index in [1.165, 1.54) is 25.3 Å². The van der Waals surface area contributed by atoms with Gasteiger partial charge in [0.25, 0.3) is 0 Å². The fourth-order valence-electron chi connectivity index (χ4n) is 6.13. The van der Waals surface area contributed by atoms with Crippen molar-refractivity contribution in [3.63, 3.8) is 0 Å². The topological polar surface area (TPSA) is 99.4 Å². The number of rotatable bonds is 8. The lowest BCUT2D eigenvalue weighted by Gasteiger charge is -2.47. The minimum absolute atomic E-state index is 0.262. The van der Waals surface area contributed by atoms with Crippen molar-refractivity contribution >= 4 is 8.07 Å². The number of hydrogen-bond acceptors (Lipinski definition) is 6. The molecule has 1 aliphatic heterocycles. The van der Waals surface area contributed by atoms with Crippen LogP contribution in [0.1, 0.15) is 63.8 Å². The summed E-state index contributed by atoms with van der Waals surface area (Å²) in [6, 6.07) is 11.9. The zero-order chi connectivity index (χ0) is 29.1. The summed E-state index contributed by atoms with van der Waals surface area (Å²) in [5.41, 5.74) is 7.74. The Morgan fingerprint density at radius 3 is 2.05 bits per heavy atom. The first-order chi connectivity index (χ1) is 18.3. The van der Waals surface area contributed by atoms with Crippen LogP contribution in [0.15, 0.2) is 42.5 Å². The van der Waals surface area contributed by atoms with Gasteiger partial charge in [0.05, 0.1) is 6.61 Å². The quantitative estimate of drug-likeness (QED) is 0.286. The number of methoxy groups -OCH3 is 1. The molecule has 6 nitrogen and oxygen atoms in total. The van der Waals surface area contributed by atoms with Crippen LogP contribution in [0, 0.1) is 17.3 Å². The van der Waals surface area contributed by atoms with Crippen molar-refractivity contribution in [2.24, 2.45) is 0 Å². The molecule has 0 bridgehead atoms. The van der Waals surface area contributed by atoms with Gasteiger partial charge in [0, 0.05) is 24.7 Å². The van der Waals surface area contributed by atoms with Gasteiger partial charge >= 0.3 is 0 Å². The molecule has 1 fully saturated rings. The van der Waals surface area contributed by atoms with Crippen molar-refractivity contribution in [3.8, 4) is 11.5 Å². The molecule has 1 aliphatic rings. The lowest BCUT2D eigenvalue weighted by Crippen LogP contribution is -2.64. The molecule has 0 aromatic heterocycles. The van der Waals surface area contributed by atoms with Crippen LogP contribution in [0.4, 0.5) is 4.39 Å². The van der Waals surface area contributed by atoms with Crippen molar-refractivity contribution in [3.05, 3.63) is 70.5 Å². The average Bonchev–Trinajstić information content (AvgIpc) is 2.90. The van der Waals surface area contributed by atoms with Crippen LogP contribution >= 0.6 is 0 Å². The van der Waals surface area contributed by atoms with E-state index in [9.17, 15) is 24.8 Å². The lowest BCUT2D eigenvalue weighted by molar-refractivity contribution is -0.366. The van der Waals surface area contributed by atoms with Gasteiger partial charge in [-0.3, -0.25) is 0 Å². The van der Waals surface area contributed by atoms with Crippen molar-refractivity contribution < 1.29 is 34.3 Å². The van der Waals surface area contributed by atoms with Crippen molar-refractivity contribution in [2.75, 3.05) is 13.7 Å². The summed E-state index contributed by atoms with van der Waals surface area (Å²) < 4.78 is 26.2. The zero-order valence-corrected chi connectivity index (χ0v) is 25.0. The molecule has 0 unspecified atom stereocenters. The molecule has 4 N–H and O–H groups in total. The molecular weight excluding hydrogens is 515 g/mol. The Hall–Kier alpha value is -2.09. The van der Waals surface area contributed by atoms with Gasteiger partial charge in [-0.1, -0.05) is 65.7 Å².